The molecule has 0 N–H and O–H groups in total. The second-order valence-electron chi connectivity index (χ2n) is 12.0. The molecule has 1 aromatic heterocycles. The zero-order chi connectivity index (χ0) is 28.7. The first-order chi connectivity index (χ1) is 18.2. The minimum absolute atomic E-state index is 0.350. The van der Waals surface area contributed by atoms with Crippen molar-refractivity contribution < 1.29 is 7.31 Å². The second-order valence-corrected chi connectivity index (χ2v) is 12.0. The fourth-order valence-electron chi connectivity index (χ4n) is 5.13. The highest BCUT2D eigenvalue weighted by atomic mass is 14.9. The van der Waals surface area contributed by atoms with E-state index in [-0.39, 0.29) is 0 Å². The van der Waals surface area contributed by atoms with Crippen molar-refractivity contribution in [3.63, 3.8) is 0 Å². The summed E-state index contributed by atoms with van der Waals surface area (Å²) in [4.78, 5) is 0. The van der Waals surface area contributed by atoms with Crippen molar-refractivity contribution in [1.82, 2.24) is 0 Å². The lowest BCUT2D eigenvalue weighted by Crippen LogP contribution is -2.30. The van der Waals surface area contributed by atoms with Gasteiger partial charge in [-0.3, -0.25) is 0 Å². The maximum Gasteiger partial charge on any atom is 0.213 e. The Balaban J connectivity index is 1.88. The smallest absolute Gasteiger partial charge is 0.201 e. The minimum Gasteiger partial charge on any atom is -0.201 e. The van der Waals surface area contributed by atoms with Gasteiger partial charge in [0.25, 0.3) is 0 Å². The topological polar surface area (TPSA) is 3.88 Å². The van der Waals surface area contributed by atoms with Crippen molar-refractivity contribution in [3.8, 4) is 33.5 Å². The lowest BCUT2D eigenvalue weighted by molar-refractivity contribution is -0.660. The Labute approximate surface area is 228 Å². The highest BCUT2D eigenvalue weighted by Gasteiger charge is 2.21. The van der Waals surface area contributed by atoms with E-state index < -0.39 is 11.8 Å². The number of rotatable bonds is 6. The van der Waals surface area contributed by atoms with E-state index in [1.54, 1.807) is 0 Å². The van der Waals surface area contributed by atoms with Crippen LogP contribution in [0, 0.1) is 12.3 Å². The van der Waals surface area contributed by atoms with Gasteiger partial charge in [0.2, 0.25) is 5.69 Å². The van der Waals surface area contributed by atoms with E-state index in [1.807, 2.05) is 32.9 Å². The molecule has 0 atom stereocenters. The molecular weight excluding hydrogens is 446 g/mol. The van der Waals surface area contributed by atoms with Gasteiger partial charge in [-0.05, 0) is 81.1 Å². The van der Waals surface area contributed by atoms with Crippen LogP contribution in [0.3, 0.4) is 0 Å². The van der Waals surface area contributed by atoms with E-state index in [0.717, 1.165) is 11.1 Å². The van der Waals surface area contributed by atoms with Crippen LogP contribution in [-0.4, -0.2) is 0 Å². The van der Waals surface area contributed by atoms with Crippen molar-refractivity contribution >= 4 is 0 Å². The van der Waals surface area contributed by atoms with E-state index in [9.17, 15) is 0 Å². The van der Waals surface area contributed by atoms with Gasteiger partial charge in [-0.1, -0.05) is 103 Å². The second kappa shape index (κ2) is 10.7. The molecular formula is C36H44N+. The van der Waals surface area contributed by atoms with E-state index in [4.69, 9.17) is 2.74 Å². The van der Waals surface area contributed by atoms with Crippen LogP contribution in [0.1, 0.15) is 85.3 Å². The van der Waals surface area contributed by atoms with Crippen molar-refractivity contribution in [2.45, 2.75) is 73.6 Å². The molecule has 4 rings (SSSR count). The van der Waals surface area contributed by atoms with Gasteiger partial charge in [0.15, 0.2) is 6.20 Å². The molecule has 0 aliphatic carbocycles. The molecule has 1 heteroatoms. The van der Waals surface area contributed by atoms with Gasteiger partial charge in [-0.25, -0.2) is 4.57 Å². The summed E-state index contributed by atoms with van der Waals surface area (Å²) in [6.45, 7) is 17.1. The van der Waals surface area contributed by atoms with Gasteiger partial charge in [0.05, 0.1) is 0 Å². The molecule has 1 heterocycles. The first-order valence-electron chi connectivity index (χ1n) is 14.6. The van der Waals surface area contributed by atoms with Crippen LogP contribution in [0.15, 0.2) is 79.0 Å². The fourth-order valence-corrected chi connectivity index (χ4v) is 5.13. The van der Waals surface area contributed by atoms with Gasteiger partial charge in [0, 0.05) is 20.4 Å². The summed E-state index contributed by atoms with van der Waals surface area (Å²) < 4.78 is 19.6. The Morgan fingerprint density at radius 3 is 1.89 bits per heavy atom. The molecule has 0 bridgehead atoms. The third-order valence-corrected chi connectivity index (χ3v) is 7.04. The average molecular weight is 493 g/mol. The Morgan fingerprint density at radius 2 is 1.35 bits per heavy atom. The Hall–Kier alpha value is -3.19. The maximum absolute atomic E-state index is 8.67. The summed E-state index contributed by atoms with van der Waals surface area (Å²) in [5.41, 5.74) is 11.6. The van der Waals surface area contributed by atoms with Gasteiger partial charge < -0.3 is 0 Å². The molecule has 0 amide bonds. The summed E-state index contributed by atoms with van der Waals surface area (Å²) in [6.07, 6.45) is 0.779. The molecule has 192 valence electrons. The Morgan fingerprint density at radius 1 is 0.757 bits per heavy atom. The molecule has 0 saturated carbocycles. The Kier molecular flexibility index (Phi) is 6.96. The summed E-state index contributed by atoms with van der Waals surface area (Å²) in [5.74, 6) is 0.699. The van der Waals surface area contributed by atoms with Crippen molar-refractivity contribution in [2.75, 3.05) is 0 Å². The summed E-state index contributed by atoms with van der Waals surface area (Å²) >= 11 is 0. The van der Waals surface area contributed by atoms with Gasteiger partial charge in [-0.2, -0.15) is 0 Å². The zero-order valence-corrected chi connectivity index (χ0v) is 24.1. The zero-order valence-electron chi connectivity index (χ0n) is 26.1. The standard InChI is InChI=1S/C36H44N/c1-24(2)32-20-30(28-16-14-27(15-17-28)23-36(6,7)8)21-33(25(3)4)35(32)29-18-19-37(9)34(22-29)31-13-11-10-12-26(31)5/h10-22,24-25H,23H2,1-9H3/q+1/i23D2. The highest BCUT2D eigenvalue weighted by molar-refractivity contribution is 5.80. The highest BCUT2D eigenvalue weighted by Crippen LogP contribution is 2.40. The fraction of sp³-hybridized carbons (Fsp3) is 0.361. The minimum atomic E-state index is -1.40. The summed E-state index contributed by atoms with van der Waals surface area (Å²) in [7, 11) is 2.12. The van der Waals surface area contributed by atoms with Crippen LogP contribution in [0.4, 0.5) is 0 Å². The van der Waals surface area contributed by atoms with E-state index >= 15 is 0 Å². The molecule has 0 aliphatic rings. The van der Waals surface area contributed by atoms with Crippen LogP contribution in [-0.2, 0) is 13.4 Å². The molecule has 0 aliphatic heterocycles. The number of nitrogens with zero attached hydrogens (tertiary/aromatic N) is 1. The lowest BCUT2D eigenvalue weighted by atomic mass is 9.82. The normalized spacial score (nSPS) is 13.2. The number of aryl methyl sites for hydroxylation is 2. The van der Waals surface area contributed by atoms with Crippen molar-refractivity contribution in [2.24, 2.45) is 12.5 Å². The van der Waals surface area contributed by atoms with E-state index in [1.165, 1.54) is 44.6 Å². The van der Waals surface area contributed by atoms with Crippen LogP contribution in [0.5, 0.6) is 0 Å². The molecule has 4 aromatic rings. The molecule has 3 aromatic carbocycles. The summed E-state index contributed by atoms with van der Waals surface area (Å²) in [5, 5.41) is 0. The van der Waals surface area contributed by atoms with Crippen LogP contribution >= 0.6 is 0 Å². The predicted molar refractivity (Wildman–Crippen MR) is 160 cm³/mol. The molecule has 37 heavy (non-hydrogen) atoms. The number of pyridine rings is 1. The molecule has 0 fully saturated rings. The van der Waals surface area contributed by atoms with Gasteiger partial charge in [0.1, 0.15) is 7.05 Å². The molecule has 0 saturated heterocycles. The average Bonchev–Trinajstić information content (AvgIpc) is 2.88. The van der Waals surface area contributed by atoms with Gasteiger partial charge >= 0.3 is 0 Å². The SMILES string of the molecule is [2H]C([2H])(c1ccc(-c2cc(C(C)C)c(-c3cc[n+](C)c(-c4ccccc4C)c3)c(C(C)C)c2)cc1)C(C)(C)C. The van der Waals surface area contributed by atoms with E-state index in [0.29, 0.717) is 11.8 Å². The molecule has 0 radical (unpaired) electrons. The third-order valence-electron chi connectivity index (χ3n) is 7.04. The molecule has 0 unspecified atom stereocenters. The number of benzene rings is 3. The predicted octanol–water partition coefficient (Wildman–Crippen LogP) is 9.66. The van der Waals surface area contributed by atoms with Crippen LogP contribution in [0.2, 0.25) is 0 Å². The quantitative estimate of drug-likeness (QED) is 0.236. The number of aromatic nitrogens is 1. The van der Waals surface area contributed by atoms with Crippen LogP contribution in [0.25, 0.3) is 33.5 Å². The van der Waals surface area contributed by atoms with Crippen molar-refractivity contribution in [3.05, 3.63) is 101 Å². The largest absolute Gasteiger partial charge is 0.213 e. The maximum atomic E-state index is 8.67. The van der Waals surface area contributed by atoms with E-state index in [2.05, 4.69) is 113 Å². The van der Waals surface area contributed by atoms with Gasteiger partial charge in [-0.15, -0.1) is 0 Å². The summed E-state index contributed by atoms with van der Waals surface area (Å²) in [6, 6.07) is 26.0. The first-order valence-corrected chi connectivity index (χ1v) is 13.6. The molecule has 0 spiro atoms. The molecule has 1 nitrogen and oxygen atoms in total. The third kappa shape index (κ3) is 6.04. The Bertz CT molecular complexity index is 1440. The number of hydrogen-bond donors (Lipinski definition) is 0. The van der Waals surface area contributed by atoms with Crippen LogP contribution < -0.4 is 4.57 Å². The first kappa shape index (κ1) is 24.2. The number of hydrogen-bond acceptors (Lipinski definition) is 0. The monoisotopic (exact) mass is 492 g/mol. The lowest BCUT2D eigenvalue weighted by Gasteiger charge is -2.23. The van der Waals surface area contributed by atoms with Crippen molar-refractivity contribution in [1.29, 1.82) is 0 Å².